The standard InChI is InChI=1S/C12H12N4O2/c1-2-15(7-3-6-13)11-4-5-12(16(17)18)10(8-11)9-14/h4-5,8H,2-3,7H2,1H3. The zero-order valence-corrected chi connectivity index (χ0v) is 9.96. The van der Waals surface area contributed by atoms with Gasteiger partial charge in [0.05, 0.1) is 17.4 Å². The molecule has 0 N–H and O–H groups in total. The van der Waals surface area contributed by atoms with Gasteiger partial charge in [0.1, 0.15) is 11.6 Å². The largest absolute Gasteiger partial charge is 0.371 e. The summed E-state index contributed by atoms with van der Waals surface area (Å²) >= 11 is 0. The van der Waals surface area contributed by atoms with Crippen molar-refractivity contribution in [3.05, 3.63) is 33.9 Å². The SMILES string of the molecule is CCN(CCC#N)c1ccc([N+](=O)[O-])c(C#N)c1. The van der Waals surface area contributed by atoms with Crippen molar-refractivity contribution in [1.29, 1.82) is 10.5 Å². The molecule has 0 amide bonds. The van der Waals surface area contributed by atoms with Gasteiger partial charge in [-0.05, 0) is 19.1 Å². The molecule has 6 nitrogen and oxygen atoms in total. The number of benzene rings is 1. The van der Waals surface area contributed by atoms with Crippen molar-refractivity contribution in [3.8, 4) is 12.1 Å². The minimum atomic E-state index is -0.575. The van der Waals surface area contributed by atoms with Crippen LogP contribution >= 0.6 is 0 Å². The highest BCUT2D eigenvalue weighted by atomic mass is 16.6. The van der Waals surface area contributed by atoms with E-state index >= 15 is 0 Å². The maximum absolute atomic E-state index is 10.7. The second-order valence-electron chi connectivity index (χ2n) is 3.56. The number of nitro groups is 1. The van der Waals surface area contributed by atoms with E-state index in [1.54, 1.807) is 6.07 Å². The van der Waals surface area contributed by atoms with Gasteiger partial charge in [-0.15, -0.1) is 0 Å². The second kappa shape index (κ2) is 6.21. The zero-order valence-electron chi connectivity index (χ0n) is 9.96. The van der Waals surface area contributed by atoms with Crippen molar-refractivity contribution in [1.82, 2.24) is 0 Å². The molecule has 0 fully saturated rings. The van der Waals surface area contributed by atoms with Gasteiger partial charge in [-0.3, -0.25) is 10.1 Å². The maximum Gasteiger partial charge on any atom is 0.287 e. The molecule has 0 saturated carbocycles. The summed E-state index contributed by atoms with van der Waals surface area (Å²) in [6.45, 7) is 3.13. The number of nitro benzene ring substituents is 1. The van der Waals surface area contributed by atoms with Crippen LogP contribution in [0.1, 0.15) is 18.9 Å². The molecular weight excluding hydrogens is 232 g/mol. The quantitative estimate of drug-likeness (QED) is 0.584. The number of nitrogens with zero attached hydrogens (tertiary/aromatic N) is 4. The lowest BCUT2D eigenvalue weighted by Gasteiger charge is -2.21. The van der Waals surface area contributed by atoms with Gasteiger partial charge in [-0.25, -0.2) is 0 Å². The van der Waals surface area contributed by atoms with E-state index in [1.165, 1.54) is 12.1 Å². The number of hydrogen-bond acceptors (Lipinski definition) is 5. The second-order valence-corrected chi connectivity index (χ2v) is 3.56. The van der Waals surface area contributed by atoms with Crippen LogP contribution in [-0.2, 0) is 0 Å². The summed E-state index contributed by atoms with van der Waals surface area (Å²) in [5.74, 6) is 0. The van der Waals surface area contributed by atoms with Crippen LogP contribution in [-0.4, -0.2) is 18.0 Å². The average molecular weight is 244 g/mol. The third kappa shape index (κ3) is 2.96. The fraction of sp³-hybridized carbons (Fsp3) is 0.333. The topological polar surface area (TPSA) is 94.0 Å². The molecule has 0 heterocycles. The molecule has 0 aromatic heterocycles. The van der Waals surface area contributed by atoms with Crippen LogP contribution in [0, 0.1) is 32.8 Å². The summed E-state index contributed by atoms with van der Waals surface area (Å²) in [6, 6.07) is 8.27. The van der Waals surface area contributed by atoms with Gasteiger partial charge < -0.3 is 4.90 Å². The third-order valence-corrected chi connectivity index (χ3v) is 2.54. The number of nitriles is 2. The Bertz CT molecular complexity index is 528. The molecule has 0 aliphatic heterocycles. The van der Waals surface area contributed by atoms with Crippen LogP contribution < -0.4 is 4.90 Å². The molecule has 0 saturated heterocycles. The van der Waals surface area contributed by atoms with E-state index < -0.39 is 4.92 Å². The van der Waals surface area contributed by atoms with Gasteiger partial charge in [-0.2, -0.15) is 10.5 Å². The Kier molecular flexibility index (Phi) is 4.65. The molecule has 0 atom stereocenters. The van der Waals surface area contributed by atoms with Crippen molar-refractivity contribution in [2.24, 2.45) is 0 Å². The lowest BCUT2D eigenvalue weighted by atomic mass is 10.1. The van der Waals surface area contributed by atoms with Crippen LogP contribution in [0.3, 0.4) is 0 Å². The molecule has 6 heteroatoms. The van der Waals surface area contributed by atoms with Crippen LogP contribution in [0.15, 0.2) is 18.2 Å². The molecule has 0 radical (unpaired) electrons. The normalized spacial score (nSPS) is 9.28. The summed E-state index contributed by atoms with van der Waals surface area (Å²) in [5, 5.41) is 28.2. The minimum Gasteiger partial charge on any atom is -0.371 e. The maximum atomic E-state index is 10.7. The Labute approximate surface area is 105 Å². The van der Waals surface area contributed by atoms with E-state index in [-0.39, 0.29) is 11.3 Å². The fourth-order valence-corrected chi connectivity index (χ4v) is 1.62. The van der Waals surface area contributed by atoms with Crippen molar-refractivity contribution in [2.75, 3.05) is 18.0 Å². The summed E-state index contributed by atoms with van der Waals surface area (Å²) < 4.78 is 0. The van der Waals surface area contributed by atoms with Crippen molar-refractivity contribution < 1.29 is 4.92 Å². The lowest BCUT2D eigenvalue weighted by Crippen LogP contribution is -2.23. The highest BCUT2D eigenvalue weighted by molar-refractivity contribution is 5.59. The lowest BCUT2D eigenvalue weighted by molar-refractivity contribution is -0.385. The monoisotopic (exact) mass is 244 g/mol. The molecule has 1 aromatic rings. The van der Waals surface area contributed by atoms with Crippen LogP contribution in [0.4, 0.5) is 11.4 Å². The van der Waals surface area contributed by atoms with Gasteiger partial charge in [-0.1, -0.05) is 0 Å². The molecular formula is C12H12N4O2. The first kappa shape index (κ1) is 13.5. The van der Waals surface area contributed by atoms with E-state index in [9.17, 15) is 10.1 Å². The summed E-state index contributed by atoms with van der Waals surface area (Å²) in [7, 11) is 0. The van der Waals surface area contributed by atoms with Gasteiger partial charge in [0.2, 0.25) is 0 Å². The van der Waals surface area contributed by atoms with E-state index in [1.807, 2.05) is 24.0 Å². The Hall–Kier alpha value is -2.60. The molecule has 1 rings (SSSR count). The smallest absolute Gasteiger partial charge is 0.287 e. The van der Waals surface area contributed by atoms with E-state index in [0.717, 1.165) is 5.69 Å². The number of anilines is 1. The van der Waals surface area contributed by atoms with E-state index in [2.05, 4.69) is 0 Å². The van der Waals surface area contributed by atoms with Crippen molar-refractivity contribution in [2.45, 2.75) is 13.3 Å². The first-order chi connectivity index (χ1) is 8.63. The van der Waals surface area contributed by atoms with Crippen LogP contribution in [0.2, 0.25) is 0 Å². The zero-order chi connectivity index (χ0) is 13.5. The predicted molar refractivity (Wildman–Crippen MR) is 65.9 cm³/mol. The van der Waals surface area contributed by atoms with Gasteiger partial charge >= 0.3 is 0 Å². The predicted octanol–water partition coefficient (Wildman–Crippen LogP) is 2.21. The number of hydrogen-bond donors (Lipinski definition) is 0. The molecule has 1 aromatic carbocycles. The molecule has 0 aliphatic rings. The van der Waals surface area contributed by atoms with E-state index in [0.29, 0.717) is 19.5 Å². The van der Waals surface area contributed by atoms with Gasteiger partial charge in [0, 0.05) is 24.8 Å². The molecule has 92 valence electrons. The minimum absolute atomic E-state index is 0.0351. The Balaban J connectivity index is 3.08. The van der Waals surface area contributed by atoms with Gasteiger partial charge in [0.25, 0.3) is 5.69 Å². The Morgan fingerprint density at radius 3 is 2.67 bits per heavy atom. The first-order valence-corrected chi connectivity index (χ1v) is 5.44. The first-order valence-electron chi connectivity index (χ1n) is 5.44. The molecule has 0 aliphatic carbocycles. The summed E-state index contributed by atoms with van der Waals surface area (Å²) in [4.78, 5) is 12.0. The summed E-state index contributed by atoms with van der Waals surface area (Å²) in [5.41, 5.74) is 0.556. The Morgan fingerprint density at radius 1 is 1.44 bits per heavy atom. The Morgan fingerprint density at radius 2 is 2.17 bits per heavy atom. The molecule has 0 spiro atoms. The summed E-state index contributed by atoms with van der Waals surface area (Å²) in [6.07, 6.45) is 0.368. The van der Waals surface area contributed by atoms with E-state index in [4.69, 9.17) is 10.5 Å². The van der Waals surface area contributed by atoms with Crippen molar-refractivity contribution >= 4 is 11.4 Å². The highest BCUT2D eigenvalue weighted by Gasteiger charge is 2.15. The fourth-order valence-electron chi connectivity index (χ4n) is 1.62. The highest BCUT2D eigenvalue weighted by Crippen LogP contribution is 2.24. The third-order valence-electron chi connectivity index (χ3n) is 2.54. The van der Waals surface area contributed by atoms with Gasteiger partial charge in [0.15, 0.2) is 0 Å². The van der Waals surface area contributed by atoms with Crippen LogP contribution in [0.25, 0.3) is 0 Å². The molecule has 0 unspecified atom stereocenters. The van der Waals surface area contributed by atoms with Crippen molar-refractivity contribution in [3.63, 3.8) is 0 Å². The molecule has 0 bridgehead atoms. The van der Waals surface area contributed by atoms with Crippen LogP contribution in [0.5, 0.6) is 0 Å². The molecule has 18 heavy (non-hydrogen) atoms. The average Bonchev–Trinajstić information content (AvgIpc) is 2.39. The number of rotatable bonds is 5.